The molecule has 0 aliphatic carbocycles. The van der Waals surface area contributed by atoms with Gasteiger partial charge in [-0.2, -0.15) is 0 Å². The minimum Gasteiger partial charge on any atom is -0.408 e. The molecule has 128 valence electrons. The molecule has 0 aliphatic rings. The number of carbonyl (C=O) groups is 1. The Bertz CT molecular complexity index is 862. The number of nitrogens with zero attached hydrogens (tertiary/aromatic N) is 2. The third-order valence-corrected chi connectivity index (χ3v) is 4.16. The predicted octanol–water partition coefficient (Wildman–Crippen LogP) is 3.58. The number of rotatable bonds is 7. The number of benzene rings is 2. The van der Waals surface area contributed by atoms with Gasteiger partial charge >= 0.3 is 6.01 Å². The number of halogens is 1. The molecular formula is C18H17BrN4O2. The van der Waals surface area contributed by atoms with Crippen LogP contribution in [0, 0.1) is 0 Å². The molecule has 2 aromatic carbocycles. The van der Waals surface area contributed by atoms with Crippen LogP contribution in [0.25, 0.3) is 0 Å². The molecule has 0 saturated heterocycles. The van der Waals surface area contributed by atoms with Gasteiger partial charge in [0.2, 0.25) is 11.8 Å². The molecule has 0 radical (unpaired) electrons. The average Bonchev–Trinajstić information content (AvgIpc) is 3.03. The monoisotopic (exact) mass is 400 g/mol. The standard InChI is InChI=1S/C18H17BrN4O2/c19-14-8-5-12(6-9-14)11-17-22-23-18(25-17)21-15-4-2-1-3-13(15)7-10-16(20)24/h1-6,8-9H,7,10-11H2,(H2,20,24)(H,21,23). The van der Waals surface area contributed by atoms with Crippen molar-refractivity contribution in [3.63, 3.8) is 0 Å². The minimum absolute atomic E-state index is 0.289. The Morgan fingerprint density at radius 2 is 1.88 bits per heavy atom. The first-order valence-electron chi connectivity index (χ1n) is 7.80. The molecule has 0 saturated carbocycles. The lowest BCUT2D eigenvalue weighted by Crippen LogP contribution is -2.11. The fourth-order valence-corrected chi connectivity index (χ4v) is 2.65. The van der Waals surface area contributed by atoms with Crippen LogP contribution in [-0.2, 0) is 17.6 Å². The number of amides is 1. The van der Waals surface area contributed by atoms with Crippen molar-refractivity contribution in [3.8, 4) is 0 Å². The topological polar surface area (TPSA) is 94.0 Å². The molecule has 1 heterocycles. The Kier molecular flexibility index (Phi) is 5.45. The molecule has 0 fully saturated rings. The molecule has 1 aromatic heterocycles. The van der Waals surface area contributed by atoms with Gasteiger partial charge in [0.15, 0.2) is 0 Å². The SMILES string of the molecule is NC(=O)CCc1ccccc1Nc1nnc(Cc2ccc(Br)cc2)o1. The van der Waals surface area contributed by atoms with Crippen molar-refractivity contribution in [2.75, 3.05) is 5.32 Å². The minimum atomic E-state index is -0.329. The number of aromatic nitrogens is 2. The zero-order valence-corrected chi connectivity index (χ0v) is 15.0. The normalized spacial score (nSPS) is 10.6. The molecule has 0 unspecified atom stereocenters. The van der Waals surface area contributed by atoms with E-state index in [1.807, 2.05) is 48.5 Å². The van der Waals surface area contributed by atoms with E-state index in [2.05, 4.69) is 31.4 Å². The second-order valence-corrected chi connectivity index (χ2v) is 6.47. The van der Waals surface area contributed by atoms with Gasteiger partial charge in [0.25, 0.3) is 0 Å². The second kappa shape index (κ2) is 7.94. The van der Waals surface area contributed by atoms with Crippen LogP contribution in [0.15, 0.2) is 57.4 Å². The van der Waals surface area contributed by atoms with Gasteiger partial charge in [-0.05, 0) is 35.7 Å². The lowest BCUT2D eigenvalue weighted by Gasteiger charge is -2.08. The number of nitrogens with two attached hydrogens (primary N) is 1. The van der Waals surface area contributed by atoms with Crippen LogP contribution in [0.2, 0.25) is 0 Å². The van der Waals surface area contributed by atoms with E-state index in [0.717, 1.165) is 21.3 Å². The third-order valence-electron chi connectivity index (χ3n) is 3.64. The van der Waals surface area contributed by atoms with Crippen LogP contribution in [0.5, 0.6) is 0 Å². The van der Waals surface area contributed by atoms with Crippen molar-refractivity contribution in [1.29, 1.82) is 0 Å². The highest BCUT2D eigenvalue weighted by molar-refractivity contribution is 9.10. The van der Waals surface area contributed by atoms with Crippen molar-refractivity contribution >= 4 is 33.5 Å². The van der Waals surface area contributed by atoms with E-state index in [-0.39, 0.29) is 12.3 Å². The van der Waals surface area contributed by atoms with Crippen LogP contribution in [0.3, 0.4) is 0 Å². The Morgan fingerprint density at radius 1 is 1.12 bits per heavy atom. The Labute approximate surface area is 153 Å². The van der Waals surface area contributed by atoms with Crippen LogP contribution in [-0.4, -0.2) is 16.1 Å². The van der Waals surface area contributed by atoms with E-state index in [0.29, 0.717) is 24.7 Å². The Morgan fingerprint density at radius 3 is 2.64 bits per heavy atom. The van der Waals surface area contributed by atoms with Crippen LogP contribution in [0.1, 0.15) is 23.4 Å². The number of hydrogen-bond donors (Lipinski definition) is 2. The highest BCUT2D eigenvalue weighted by Crippen LogP contribution is 2.22. The highest BCUT2D eigenvalue weighted by Gasteiger charge is 2.10. The van der Waals surface area contributed by atoms with Crippen molar-refractivity contribution in [1.82, 2.24) is 10.2 Å². The van der Waals surface area contributed by atoms with Gasteiger partial charge in [-0.15, -0.1) is 5.10 Å². The number of aryl methyl sites for hydroxylation is 1. The highest BCUT2D eigenvalue weighted by atomic mass is 79.9. The molecule has 3 rings (SSSR count). The summed E-state index contributed by atoms with van der Waals surface area (Å²) in [5, 5.41) is 11.2. The molecule has 3 N–H and O–H groups in total. The Hall–Kier alpha value is -2.67. The van der Waals surface area contributed by atoms with Crippen LogP contribution in [0.4, 0.5) is 11.7 Å². The molecule has 25 heavy (non-hydrogen) atoms. The van der Waals surface area contributed by atoms with Gasteiger partial charge in [0.05, 0.1) is 6.42 Å². The van der Waals surface area contributed by atoms with E-state index in [1.54, 1.807) is 0 Å². The van der Waals surface area contributed by atoms with Crippen LogP contribution < -0.4 is 11.1 Å². The van der Waals surface area contributed by atoms with Crippen molar-refractivity contribution in [2.45, 2.75) is 19.3 Å². The quantitative estimate of drug-likeness (QED) is 0.631. The zero-order chi connectivity index (χ0) is 17.6. The summed E-state index contributed by atoms with van der Waals surface area (Å²) in [5.74, 6) is 0.198. The number of anilines is 2. The summed E-state index contributed by atoms with van der Waals surface area (Å²) >= 11 is 3.41. The van der Waals surface area contributed by atoms with Gasteiger partial charge in [-0.3, -0.25) is 4.79 Å². The van der Waals surface area contributed by atoms with Gasteiger partial charge in [-0.25, -0.2) is 0 Å². The summed E-state index contributed by atoms with van der Waals surface area (Å²) in [5.41, 5.74) is 8.10. The molecule has 0 atom stereocenters. The fourth-order valence-electron chi connectivity index (χ4n) is 2.39. The van der Waals surface area contributed by atoms with E-state index in [9.17, 15) is 4.79 Å². The fraction of sp³-hybridized carbons (Fsp3) is 0.167. The molecule has 0 bridgehead atoms. The van der Waals surface area contributed by atoms with Crippen molar-refractivity contribution in [3.05, 3.63) is 70.0 Å². The summed E-state index contributed by atoms with van der Waals surface area (Å²) in [6.07, 6.45) is 1.40. The first kappa shape index (κ1) is 17.2. The number of nitrogens with one attached hydrogen (secondary N) is 1. The number of primary amides is 1. The lowest BCUT2D eigenvalue weighted by atomic mass is 10.1. The van der Waals surface area contributed by atoms with E-state index >= 15 is 0 Å². The van der Waals surface area contributed by atoms with Gasteiger partial charge < -0.3 is 15.5 Å². The zero-order valence-electron chi connectivity index (χ0n) is 13.4. The summed E-state index contributed by atoms with van der Waals surface area (Å²) in [4.78, 5) is 11.0. The van der Waals surface area contributed by atoms with Crippen molar-refractivity contribution < 1.29 is 9.21 Å². The molecule has 6 nitrogen and oxygen atoms in total. The lowest BCUT2D eigenvalue weighted by molar-refractivity contribution is -0.117. The molecule has 0 aliphatic heterocycles. The second-order valence-electron chi connectivity index (χ2n) is 5.55. The van der Waals surface area contributed by atoms with Gasteiger partial charge in [0, 0.05) is 16.6 Å². The maximum Gasteiger partial charge on any atom is 0.320 e. The Balaban J connectivity index is 1.69. The maximum atomic E-state index is 11.0. The summed E-state index contributed by atoms with van der Waals surface area (Å²) in [7, 11) is 0. The van der Waals surface area contributed by atoms with E-state index < -0.39 is 0 Å². The van der Waals surface area contributed by atoms with Gasteiger partial charge in [0.1, 0.15) is 0 Å². The van der Waals surface area contributed by atoms with Gasteiger partial charge in [-0.1, -0.05) is 51.4 Å². The molecule has 1 amide bonds. The third kappa shape index (κ3) is 4.90. The smallest absolute Gasteiger partial charge is 0.320 e. The summed E-state index contributed by atoms with van der Waals surface area (Å²) < 4.78 is 6.69. The summed E-state index contributed by atoms with van der Waals surface area (Å²) in [6.45, 7) is 0. The summed E-state index contributed by atoms with van der Waals surface area (Å²) in [6, 6.07) is 15.9. The van der Waals surface area contributed by atoms with Crippen molar-refractivity contribution in [2.24, 2.45) is 5.73 Å². The van der Waals surface area contributed by atoms with E-state index in [1.165, 1.54) is 0 Å². The maximum absolute atomic E-state index is 11.0. The molecule has 7 heteroatoms. The largest absolute Gasteiger partial charge is 0.408 e. The predicted molar refractivity (Wildman–Crippen MR) is 98.5 cm³/mol. The molecule has 3 aromatic rings. The van der Waals surface area contributed by atoms with E-state index in [4.69, 9.17) is 10.2 Å². The first-order valence-corrected chi connectivity index (χ1v) is 8.59. The number of hydrogen-bond acceptors (Lipinski definition) is 5. The first-order chi connectivity index (χ1) is 12.1. The molecule has 0 spiro atoms. The number of para-hydroxylation sites is 1. The average molecular weight is 401 g/mol. The molecular weight excluding hydrogens is 384 g/mol. The number of carbonyl (C=O) groups excluding carboxylic acids is 1. The van der Waals surface area contributed by atoms with Crippen LogP contribution >= 0.6 is 15.9 Å².